The maximum absolute atomic E-state index is 13.0. The Hall–Kier alpha value is -3.81. The monoisotopic (exact) mass is 432 g/mol. The van der Waals surface area contributed by atoms with Crippen molar-refractivity contribution in [2.75, 3.05) is 26.6 Å². The van der Waals surface area contributed by atoms with Crippen LogP contribution in [0.1, 0.15) is 30.9 Å². The fourth-order valence-corrected chi connectivity index (χ4v) is 4.35. The standard InChI is InChI=1S/C24H24N4O4/c1-30-16-10-7-14(8-11-16)22-21-17(5-4-6-18(21)29)25-24-26-23(27-28(22)24)15-9-12-19(31-2)20(13-15)32-3/h7-13,22H,4-6H2,1-3H3,(H,25,26,27). The van der Waals surface area contributed by atoms with Gasteiger partial charge in [0.2, 0.25) is 5.95 Å². The maximum atomic E-state index is 13.0. The summed E-state index contributed by atoms with van der Waals surface area (Å²) < 4.78 is 17.9. The molecule has 1 N–H and O–H groups in total. The lowest BCUT2D eigenvalue weighted by molar-refractivity contribution is -0.116. The van der Waals surface area contributed by atoms with E-state index in [1.807, 2.05) is 42.5 Å². The third kappa shape index (κ3) is 3.28. The lowest BCUT2D eigenvalue weighted by Gasteiger charge is -2.32. The zero-order chi connectivity index (χ0) is 22.2. The number of anilines is 1. The predicted octanol–water partition coefficient (Wildman–Crippen LogP) is 3.99. The van der Waals surface area contributed by atoms with Crippen molar-refractivity contribution in [3.63, 3.8) is 0 Å². The van der Waals surface area contributed by atoms with Gasteiger partial charge in [-0.3, -0.25) is 4.79 Å². The van der Waals surface area contributed by atoms with Crippen LogP contribution in [-0.4, -0.2) is 41.9 Å². The van der Waals surface area contributed by atoms with E-state index >= 15 is 0 Å². The molecule has 8 heteroatoms. The number of methoxy groups -OCH3 is 3. The molecule has 5 rings (SSSR count). The first-order valence-corrected chi connectivity index (χ1v) is 10.5. The van der Waals surface area contributed by atoms with Gasteiger partial charge < -0.3 is 19.5 Å². The molecular weight excluding hydrogens is 408 g/mol. The molecular formula is C24H24N4O4. The molecule has 32 heavy (non-hydrogen) atoms. The van der Waals surface area contributed by atoms with Gasteiger partial charge in [-0.2, -0.15) is 4.98 Å². The minimum absolute atomic E-state index is 0.147. The molecule has 1 atom stereocenters. The number of benzene rings is 2. The van der Waals surface area contributed by atoms with Crippen molar-refractivity contribution in [3.05, 3.63) is 59.3 Å². The van der Waals surface area contributed by atoms with Crippen molar-refractivity contribution >= 4 is 11.7 Å². The highest BCUT2D eigenvalue weighted by atomic mass is 16.5. The fourth-order valence-electron chi connectivity index (χ4n) is 4.35. The Morgan fingerprint density at radius 1 is 0.969 bits per heavy atom. The molecule has 0 spiro atoms. The van der Waals surface area contributed by atoms with E-state index in [-0.39, 0.29) is 11.8 Å². The summed E-state index contributed by atoms with van der Waals surface area (Å²) in [4.78, 5) is 17.7. The van der Waals surface area contributed by atoms with Crippen LogP contribution in [-0.2, 0) is 4.79 Å². The highest BCUT2D eigenvalue weighted by molar-refractivity contribution is 5.99. The number of carbonyl (C=O) groups excluding carboxylic acids is 1. The molecule has 2 heterocycles. The topological polar surface area (TPSA) is 87.5 Å². The molecule has 2 aromatic carbocycles. The van der Waals surface area contributed by atoms with Gasteiger partial charge in [0.15, 0.2) is 23.1 Å². The number of aromatic nitrogens is 3. The molecule has 0 saturated carbocycles. The predicted molar refractivity (Wildman–Crippen MR) is 119 cm³/mol. The average Bonchev–Trinajstić information content (AvgIpc) is 3.26. The van der Waals surface area contributed by atoms with E-state index in [0.29, 0.717) is 29.7 Å². The second-order valence-corrected chi connectivity index (χ2v) is 7.74. The number of fused-ring (bicyclic) bond motifs is 1. The normalized spacial score (nSPS) is 17.3. The number of allylic oxidation sites excluding steroid dienone is 2. The van der Waals surface area contributed by atoms with Crippen LogP contribution in [0.15, 0.2) is 53.7 Å². The van der Waals surface area contributed by atoms with E-state index < -0.39 is 0 Å². The number of hydrogen-bond donors (Lipinski definition) is 1. The first-order valence-electron chi connectivity index (χ1n) is 10.5. The second-order valence-electron chi connectivity index (χ2n) is 7.74. The Kier molecular flexibility index (Phi) is 5.05. The molecule has 2 aliphatic rings. The minimum Gasteiger partial charge on any atom is -0.497 e. The molecule has 0 fully saturated rings. The summed E-state index contributed by atoms with van der Waals surface area (Å²) >= 11 is 0. The highest BCUT2D eigenvalue weighted by Crippen LogP contribution is 2.41. The van der Waals surface area contributed by atoms with Crippen molar-refractivity contribution in [1.82, 2.24) is 14.8 Å². The van der Waals surface area contributed by atoms with Crippen LogP contribution >= 0.6 is 0 Å². The van der Waals surface area contributed by atoms with Crippen LogP contribution in [0.2, 0.25) is 0 Å². The maximum Gasteiger partial charge on any atom is 0.226 e. The van der Waals surface area contributed by atoms with E-state index in [2.05, 4.69) is 5.32 Å². The number of nitrogens with zero attached hydrogens (tertiary/aromatic N) is 3. The summed E-state index contributed by atoms with van der Waals surface area (Å²) in [5.74, 6) is 3.30. The van der Waals surface area contributed by atoms with E-state index in [1.54, 1.807) is 26.0 Å². The molecule has 0 amide bonds. The van der Waals surface area contributed by atoms with Gasteiger partial charge in [-0.05, 0) is 48.7 Å². The molecule has 1 aliphatic heterocycles. The fraction of sp³-hybridized carbons (Fsp3) is 0.292. The number of hydrogen-bond acceptors (Lipinski definition) is 7. The number of rotatable bonds is 5. The first kappa shape index (κ1) is 20.1. The molecule has 1 aliphatic carbocycles. The molecule has 3 aromatic rings. The van der Waals surface area contributed by atoms with Gasteiger partial charge in [0.05, 0.1) is 21.3 Å². The lowest BCUT2D eigenvalue weighted by atomic mass is 9.85. The number of ketones is 1. The van der Waals surface area contributed by atoms with Gasteiger partial charge >= 0.3 is 0 Å². The van der Waals surface area contributed by atoms with E-state index in [9.17, 15) is 4.79 Å². The van der Waals surface area contributed by atoms with E-state index in [0.717, 1.165) is 41.0 Å². The number of carbonyl (C=O) groups is 1. The average molecular weight is 432 g/mol. The summed E-state index contributed by atoms with van der Waals surface area (Å²) in [5, 5.41) is 8.17. The molecule has 1 unspecified atom stereocenters. The Bertz CT molecular complexity index is 1210. The van der Waals surface area contributed by atoms with Gasteiger partial charge in [-0.25, -0.2) is 4.68 Å². The Balaban J connectivity index is 1.63. The van der Waals surface area contributed by atoms with Gasteiger partial charge in [0.1, 0.15) is 11.8 Å². The molecule has 0 bridgehead atoms. The second kappa shape index (κ2) is 8.03. The van der Waals surface area contributed by atoms with Gasteiger partial charge in [0.25, 0.3) is 0 Å². The SMILES string of the molecule is COc1ccc(C2C3=C(CCCC3=O)Nc3nc(-c4ccc(OC)c(OC)c4)nn32)cc1. The van der Waals surface area contributed by atoms with Crippen molar-refractivity contribution in [1.29, 1.82) is 0 Å². The molecule has 1 aromatic heterocycles. The summed E-state index contributed by atoms with van der Waals surface area (Å²) in [5.41, 5.74) is 3.45. The largest absolute Gasteiger partial charge is 0.497 e. The van der Waals surface area contributed by atoms with Crippen molar-refractivity contribution in [2.45, 2.75) is 25.3 Å². The summed E-state index contributed by atoms with van der Waals surface area (Å²) in [6, 6.07) is 13.0. The van der Waals surface area contributed by atoms with Crippen molar-refractivity contribution < 1.29 is 19.0 Å². The molecule has 8 nitrogen and oxygen atoms in total. The third-order valence-corrected chi connectivity index (χ3v) is 5.94. The molecule has 0 radical (unpaired) electrons. The van der Waals surface area contributed by atoms with Crippen LogP contribution in [0.4, 0.5) is 5.95 Å². The summed E-state index contributed by atoms with van der Waals surface area (Å²) in [7, 11) is 4.83. The zero-order valence-corrected chi connectivity index (χ0v) is 18.2. The number of nitrogens with one attached hydrogen (secondary N) is 1. The molecule has 0 saturated heterocycles. The zero-order valence-electron chi connectivity index (χ0n) is 18.2. The number of ether oxygens (including phenoxy) is 3. The van der Waals surface area contributed by atoms with Crippen molar-refractivity contribution in [3.8, 4) is 28.6 Å². The van der Waals surface area contributed by atoms with Gasteiger partial charge in [-0.15, -0.1) is 5.10 Å². The van der Waals surface area contributed by atoms with Gasteiger partial charge in [0, 0.05) is 23.3 Å². The van der Waals surface area contributed by atoms with Crippen LogP contribution < -0.4 is 19.5 Å². The first-order chi connectivity index (χ1) is 15.6. The van der Waals surface area contributed by atoms with E-state index in [4.69, 9.17) is 24.3 Å². The minimum atomic E-state index is -0.346. The Labute approximate surface area is 185 Å². The lowest BCUT2D eigenvalue weighted by Crippen LogP contribution is -2.31. The third-order valence-electron chi connectivity index (χ3n) is 5.94. The van der Waals surface area contributed by atoms with Crippen LogP contribution in [0.5, 0.6) is 17.2 Å². The van der Waals surface area contributed by atoms with E-state index in [1.165, 1.54) is 0 Å². The van der Waals surface area contributed by atoms with Gasteiger partial charge in [-0.1, -0.05) is 12.1 Å². The highest BCUT2D eigenvalue weighted by Gasteiger charge is 2.37. The van der Waals surface area contributed by atoms with Crippen molar-refractivity contribution in [2.24, 2.45) is 0 Å². The number of Topliss-reactive ketones (excluding diaryl/α,β-unsaturated/α-hetero) is 1. The van der Waals surface area contributed by atoms with Crippen LogP contribution in [0, 0.1) is 0 Å². The Morgan fingerprint density at radius 2 is 1.75 bits per heavy atom. The summed E-state index contributed by atoms with van der Waals surface area (Å²) in [6.45, 7) is 0. The molecule has 164 valence electrons. The quantitative estimate of drug-likeness (QED) is 0.652. The Morgan fingerprint density at radius 3 is 2.47 bits per heavy atom. The van der Waals surface area contributed by atoms with Crippen LogP contribution in [0.25, 0.3) is 11.4 Å². The smallest absolute Gasteiger partial charge is 0.226 e. The summed E-state index contributed by atoms with van der Waals surface area (Å²) in [6.07, 6.45) is 2.18. The van der Waals surface area contributed by atoms with Crippen LogP contribution in [0.3, 0.4) is 0 Å².